The Labute approximate surface area is 66.7 Å². The molecule has 0 radical (unpaired) electrons. The Kier molecular flexibility index (Phi) is 4.08. The van der Waals surface area contributed by atoms with Gasteiger partial charge in [-0.3, -0.25) is 4.79 Å². The van der Waals surface area contributed by atoms with Crippen molar-refractivity contribution in [3.8, 4) is 0 Å². The zero-order valence-corrected chi connectivity index (χ0v) is 7.32. The summed E-state index contributed by atoms with van der Waals surface area (Å²) in [4.78, 5) is 11.0. The lowest BCUT2D eigenvalue weighted by Gasteiger charge is -2.17. The van der Waals surface area contributed by atoms with Crippen LogP contribution in [0, 0.1) is 5.41 Å². The summed E-state index contributed by atoms with van der Waals surface area (Å²) < 4.78 is 16.9. The molecular formula is C8H15FO2. The van der Waals surface area contributed by atoms with Gasteiger partial charge in [0.2, 0.25) is 0 Å². The highest BCUT2D eigenvalue weighted by Crippen LogP contribution is 2.17. The van der Waals surface area contributed by atoms with Gasteiger partial charge in [-0.2, -0.15) is 0 Å². The fourth-order valence-electron chi connectivity index (χ4n) is 0.445. The Morgan fingerprint density at radius 1 is 1.55 bits per heavy atom. The zero-order chi connectivity index (χ0) is 8.91. The number of hydrogen-bond acceptors (Lipinski definition) is 2. The maximum Gasteiger partial charge on any atom is 0.314 e. The molecule has 0 aliphatic carbocycles. The third kappa shape index (κ3) is 3.35. The first kappa shape index (κ1) is 10.4. The van der Waals surface area contributed by atoms with E-state index in [1.807, 2.05) is 6.92 Å². The highest BCUT2D eigenvalue weighted by Gasteiger charge is 2.28. The molecule has 0 amide bonds. The van der Waals surface area contributed by atoms with Crippen molar-refractivity contribution < 1.29 is 13.9 Å². The Morgan fingerprint density at radius 2 is 2.09 bits per heavy atom. The van der Waals surface area contributed by atoms with E-state index in [2.05, 4.69) is 0 Å². The topological polar surface area (TPSA) is 26.3 Å². The molecule has 11 heavy (non-hydrogen) atoms. The second-order valence-electron chi connectivity index (χ2n) is 3.15. The van der Waals surface area contributed by atoms with Crippen LogP contribution >= 0.6 is 0 Å². The van der Waals surface area contributed by atoms with Crippen molar-refractivity contribution in [1.82, 2.24) is 0 Å². The largest absolute Gasteiger partial charge is 0.465 e. The fraction of sp³-hybridized carbons (Fsp3) is 0.875. The molecule has 0 aromatic carbocycles. The minimum absolute atomic E-state index is 0.377. The van der Waals surface area contributed by atoms with Gasteiger partial charge >= 0.3 is 5.97 Å². The van der Waals surface area contributed by atoms with E-state index in [0.29, 0.717) is 6.61 Å². The number of esters is 1. The molecule has 0 aromatic rings. The van der Waals surface area contributed by atoms with Crippen LogP contribution in [-0.4, -0.2) is 19.3 Å². The van der Waals surface area contributed by atoms with Crippen LogP contribution in [0.3, 0.4) is 0 Å². The van der Waals surface area contributed by atoms with Gasteiger partial charge in [-0.15, -0.1) is 0 Å². The third-order valence-electron chi connectivity index (χ3n) is 1.32. The van der Waals surface area contributed by atoms with Crippen LogP contribution in [0.15, 0.2) is 0 Å². The summed E-state index contributed by atoms with van der Waals surface area (Å²) >= 11 is 0. The molecule has 0 aliphatic rings. The van der Waals surface area contributed by atoms with Crippen LogP contribution in [0.25, 0.3) is 0 Å². The van der Waals surface area contributed by atoms with Crippen LogP contribution in [0.2, 0.25) is 0 Å². The molecule has 0 aromatic heterocycles. The van der Waals surface area contributed by atoms with Crippen molar-refractivity contribution in [1.29, 1.82) is 0 Å². The maximum atomic E-state index is 12.1. The molecule has 66 valence electrons. The average molecular weight is 162 g/mol. The summed E-state index contributed by atoms with van der Waals surface area (Å²) in [6, 6.07) is 0. The SMILES string of the molecule is CCCOC(=O)C(C)(C)CF. The molecule has 0 fully saturated rings. The van der Waals surface area contributed by atoms with Crippen molar-refractivity contribution >= 4 is 5.97 Å². The standard InChI is InChI=1S/C8H15FO2/c1-4-5-11-7(10)8(2,3)6-9/h4-6H2,1-3H3. The molecule has 0 unspecified atom stereocenters. The number of carbonyl (C=O) groups excluding carboxylic acids is 1. The van der Waals surface area contributed by atoms with Gasteiger partial charge in [0.1, 0.15) is 6.67 Å². The van der Waals surface area contributed by atoms with Gasteiger partial charge in [0.15, 0.2) is 0 Å². The number of ether oxygens (including phenoxy) is 1. The Hall–Kier alpha value is -0.600. The first-order valence-electron chi connectivity index (χ1n) is 3.77. The fourth-order valence-corrected chi connectivity index (χ4v) is 0.445. The van der Waals surface area contributed by atoms with Crippen molar-refractivity contribution in [2.24, 2.45) is 5.41 Å². The minimum Gasteiger partial charge on any atom is -0.465 e. The molecule has 0 saturated heterocycles. The van der Waals surface area contributed by atoms with Crippen LogP contribution in [0.4, 0.5) is 4.39 Å². The molecule has 0 N–H and O–H groups in total. The van der Waals surface area contributed by atoms with Crippen molar-refractivity contribution in [2.75, 3.05) is 13.3 Å². The molecule has 3 heteroatoms. The highest BCUT2D eigenvalue weighted by atomic mass is 19.1. The second kappa shape index (κ2) is 4.31. The monoisotopic (exact) mass is 162 g/mol. The van der Waals surface area contributed by atoms with E-state index in [1.54, 1.807) is 0 Å². The van der Waals surface area contributed by atoms with E-state index < -0.39 is 18.1 Å². The van der Waals surface area contributed by atoms with Crippen LogP contribution < -0.4 is 0 Å². The molecule has 0 atom stereocenters. The van der Waals surface area contributed by atoms with E-state index in [0.717, 1.165) is 6.42 Å². The van der Waals surface area contributed by atoms with Gasteiger partial charge in [-0.05, 0) is 20.3 Å². The Bertz CT molecular complexity index is 132. The average Bonchev–Trinajstić information content (AvgIpc) is 2.00. The molecular weight excluding hydrogens is 147 g/mol. The van der Waals surface area contributed by atoms with E-state index in [-0.39, 0.29) is 0 Å². The number of alkyl halides is 1. The summed E-state index contributed by atoms with van der Waals surface area (Å²) in [5.41, 5.74) is -0.977. The molecule has 0 heterocycles. The molecule has 0 spiro atoms. The number of hydrogen-bond donors (Lipinski definition) is 0. The van der Waals surface area contributed by atoms with Crippen LogP contribution in [0.5, 0.6) is 0 Å². The molecule has 2 nitrogen and oxygen atoms in total. The van der Waals surface area contributed by atoms with Crippen molar-refractivity contribution in [3.63, 3.8) is 0 Å². The number of halogens is 1. The quantitative estimate of drug-likeness (QED) is 0.590. The van der Waals surface area contributed by atoms with Gasteiger partial charge in [0, 0.05) is 0 Å². The number of carbonyl (C=O) groups is 1. The molecule has 0 aliphatic heterocycles. The summed E-state index contributed by atoms with van der Waals surface area (Å²) in [5.74, 6) is -0.457. The van der Waals surface area contributed by atoms with Gasteiger partial charge in [0.05, 0.1) is 12.0 Å². The smallest absolute Gasteiger partial charge is 0.314 e. The lowest BCUT2D eigenvalue weighted by molar-refractivity contribution is -0.154. The minimum atomic E-state index is -0.977. The summed E-state index contributed by atoms with van der Waals surface area (Å²) in [6.45, 7) is 4.67. The zero-order valence-electron chi connectivity index (χ0n) is 7.32. The van der Waals surface area contributed by atoms with Gasteiger partial charge in [0.25, 0.3) is 0 Å². The Morgan fingerprint density at radius 3 is 2.45 bits per heavy atom. The van der Waals surface area contributed by atoms with E-state index in [1.165, 1.54) is 13.8 Å². The summed E-state index contributed by atoms with van der Waals surface area (Å²) in [7, 11) is 0. The first-order chi connectivity index (χ1) is 5.04. The summed E-state index contributed by atoms with van der Waals surface area (Å²) in [5, 5.41) is 0. The van der Waals surface area contributed by atoms with Crippen molar-refractivity contribution in [3.05, 3.63) is 0 Å². The van der Waals surface area contributed by atoms with E-state index in [9.17, 15) is 9.18 Å². The second-order valence-corrected chi connectivity index (χ2v) is 3.15. The van der Waals surface area contributed by atoms with E-state index in [4.69, 9.17) is 4.74 Å². The third-order valence-corrected chi connectivity index (χ3v) is 1.32. The lowest BCUT2D eigenvalue weighted by atomic mass is 9.96. The predicted octanol–water partition coefficient (Wildman–Crippen LogP) is 1.94. The molecule has 0 bridgehead atoms. The Balaban J connectivity index is 3.82. The van der Waals surface area contributed by atoms with Crippen LogP contribution in [0.1, 0.15) is 27.2 Å². The molecule has 0 saturated carbocycles. The van der Waals surface area contributed by atoms with Crippen molar-refractivity contribution in [2.45, 2.75) is 27.2 Å². The highest BCUT2D eigenvalue weighted by molar-refractivity contribution is 5.75. The predicted molar refractivity (Wildman–Crippen MR) is 41.0 cm³/mol. The van der Waals surface area contributed by atoms with E-state index >= 15 is 0 Å². The maximum absolute atomic E-state index is 12.1. The summed E-state index contributed by atoms with van der Waals surface area (Å²) in [6.07, 6.45) is 0.772. The lowest BCUT2D eigenvalue weighted by Crippen LogP contribution is -2.28. The van der Waals surface area contributed by atoms with Gasteiger partial charge < -0.3 is 4.74 Å². The number of rotatable bonds is 4. The van der Waals surface area contributed by atoms with Gasteiger partial charge in [-0.1, -0.05) is 6.92 Å². The normalized spacial score (nSPS) is 11.3. The first-order valence-corrected chi connectivity index (χ1v) is 3.77. The van der Waals surface area contributed by atoms with Crippen LogP contribution in [-0.2, 0) is 9.53 Å². The van der Waals surface area contributed by atoms with Gasteiger partial charge in [-0.25, -0.2) is 4.39 Å². The molecule has 0 rings (SSSR count).